The first kappa shape index (κ1) is 33.0. The second-order valence-corrected chi connectivity index (χ2v) is 14.0. The molecule has 1 aliphatic carbocycles. The van der Waals surface area contributed by atoms with E-state index in [0.29, 0.717) is 0 Å². The van der Waals surface area contributed by atoms with Crippen molar-refractivity contribution < 1.29 is 29.0 Å². The summed E-state index contributed by atoms with van der Waals surface area (Å²) in [5, 5.41) is 5.38. The average Bonchev–Trinajstić information content (AvgIpc) is 3.00. The Bertz CT molecular complexity index is 1230. The largest absolute Gasteiger partial charge is 0.496 e. The zero-order chi connectivity index (χ0) is 27.8. The van der Waals surface area contributed by atoms with E-state index in [9.17, 15) is 0 Å². The van der Waals surface area contributed by atoms with Gasteiger partial charge in [-0.25, -0.2) is 0 Å². The van der Waals surface area contributed by atoms with Crippen LogP contribution in [0, 0.1) is 0 Å². The maximum absolute atomic E-state index is 5.76. The molecule has 41 heavy (non-hydrogen) atoms. The van der Waals surface area contributed by atoms with Gasteiger partial charge in [0.15, 0.2) is 0 Å². The number of para-hydroxylation sites is 2. The molecular formula is C36H40O2P2Rh. The molecule has 0 aromatic heterocycles. The van der Waals surface area contributed by atoms with E-state index in [2.05, 4.69) is 121 Å². The first-order valence-electron chi connectivity index (χ1n) is 14.0. The predicted octanol–water partition coefficient (Wildman–Crippen LogP) is 7.94. The van der Waals surface area contributed by atoms with E-state index < -0.39 is 15.8 Å². The quantitative estimate of drug-likeness (QED) is 0.102. The summed E-state index contributed by atoms with van der Waals surface area (Å²) in [5.41, 5.74) is 0. The number of allylic oxidation sites excluding steroid dienone is 4. The van der Waals surface area contributed by atoms with Gasteiger partial charge in [-0.1, -0.05) is 121 Å². The molecule has 1 radical (unpaired) electrons. The fourth-order valence-corrected chi connectivity index (χ4v) is 10.4. The summed E-state index contributed by atoms with van der Waals surface area (Å²) in [6.45, 7) is 0. The van der Waals surface area contributed by atoms with Crippen molar-refractivity contribution >= 4 is 37.1 Å². The van der Waals surface area contributed by atoms with Crippen molar-refractivity contribution in [1.82, 2.24) is 0 Å². The molecule has 215 valence electrons. The first-order valence-corrected chi connectivity index (χ1v) is 17.1. The van der Waals surface area contributed by atoms with Crippen molar-refractivity contribution in [2.24, 2.45) is 0 Å². The molecule has 1 aliphatic rings. The number of ether oxygens (including phenoxy) is 2. The van der Waals surface area contributed by atoms with Gasteiger partial charge in [0.25, 0.3) is 0 Å². The molecule has 0 saturated carbocycles. The van der Waals surface area contributed by atoms with Gasteiger partial charge in [0.05, 0.1) is 14.2 Å². The summed E-state index contributed by atoms with van der Waals surface area (Å²) < 4.78 is 11.5. The molecule has 4 aromatic rings. The van der Waals surface area contributed by atoms with Gasteiger partial charge < -0.3 is 9.47 Å². The van der Waals surface area contributed by atoms with Crippen LogP contribution < -0.4 is 30.7 Å². The summed E-state index contributed by atoms with van der Waals surface area (Å²) in [6.07, 6.45) is 16.2. The molecule has 5 heteroatoms. The van der Waals surface area contributed by atoms with Crippen molar-refractivity contribution in [3.8, 4) is 11.5 Å². The van der Waals surface area contributed by atoms with Gasteiger partial charge >= 0.3 is 0 Å². The zero-order valence-corrected chi connectivity index (χ0v) is 27.4. The number of benzene rings is 4. The normalized spacial score (nSPS) is 14.6. The second-order valence-electron chi connectivity index (χ2n) is 9.42. The van der Waals surface area contributed by atoms with E-state index >= 15 is 0 Å². The summed E-state index contributed by atoms with van der Waals surface area (Å²) in [5.74, 6) is 1.95. The SMILES string of the molecule is C1=CCC/C=C\CC1.COc1ccccc1[P@](CC[P@](c1ccccc1)c1ccccc1OC)c1ccccc1.[Rh]. The van der Waals surface area contributed by atoms with Crippen LogP contribution in [0.25, 0.3) is 0 Å². The summed E-state index contributed by atoms with van der Waals surface area (Å²) in [7, 11) is 2.43. The molecule has 0 heterocycles. The molecule has 0 aliphatic heterocycles. The Hall–Kier alpha value is -2.56. The van der Waals surface area contributed by atoms with Crippen LogP contribution in [-0.4, -0.2) is 26.5 Å². The molecule has 5 rings (SSSR count). The second kappa shape index (κ2) is 18.8. The van der Waals surface area contributed by atoms with E-state index in [-0.39, 0.29) is 19.5 Å². The molecule has 0 unspecified atom stereocenters. The van der Waals surface area contributed by atoms with Crippen molar-refractivity contribution in [3.63, 3.8) is 0 Å². The zero-order valence-electron chi connectivity index (χ0n) is 24.0. The van der Waals surface area contributed by atoms with Gasteiger partial charge in [-0.05, 0) is 76.6 Å². The van der Waals surface area contributed by atoms with E-state index in [0.717, 1.165) is 23.8 Å². The maximum atomic E-state index is 5.76. The smallest absolute Gasteiger partial charge is 0.126 e. The van der Waals surface area contributed by atoms with Gasteiger partial charge in [-0.3, -0.25) is 0 Å². The van der Waals surface area contributed by atoms with Crippen LogP contribution in [0.4, 0.5) is 0 Å². The monoisotopic (exact) mass is 669 g/mol. The summed E-state index contributed by atoms with van der Waals surface area (Å²) in [4.78, 5) is 0. The molecule has 0 saturated heterocycles. The molecule has 0 fully saturated rings. The third-order valence-electron chi connectivity index (χ3n) is 6.77. The molecule has 4 aromatic carbocycles. The Morgan fingerprint density at radius 2 is 0.780 bits per heavy atom. The minimum atomic E-state index is -0.554. The van der Waals surface area contributed by atoms with Crippen molar-refractivity contribution in [3.05, 3.63) is 133 Å². The topological polar surface area (TPSA) is 18.5 Å². The Kier molecular flexibility index (Phi) is 15.1. The number of hydrogen-bond donors (Lipinski definition) is 0. The summed E-state index contributed by atoms with van der Waals surface area (Å²) in [6, 6.07) is 38.7. The molecule has 0 N–H and O–H groups in total. The van der Waals surface area contributed by atoms with Crippen LogP contribution in [-0.2, 0) is 19.5 Å². The predicted molar refractivity (Wildman–Crippen MR) is 178 cm³/mol. The fourth-order valence-electron chi connectivity index (χ4n) is 4.75. The molecule has 0 bridgehead atoms. The van der Waals surface area contributed by atoms with Gasteiger partial charge in [-0.15, -0.1) is 0 Å². The van der Waals surface area contributed by atoms with Crippen molar-refractivity contribution in [1.29, 1.82) is 0 Å². The van der Waals surface area contributed by atoms with Crippen LogP contribution in [0.3, 0.4) is 0 Å². The Balaban J connectivity index is 0.000000444. The number of hydrogen-bond acceptors (Lipinski definition) is 2. The van der Waals surface area contributed by atoms with Gasteiger partial charge in [0.1, 0.15) is 11.5 Å². The molecule has 2 nitrogen and oxygen atoms in total. The Morgan fingerprint density at radius 1 is 0.463 bits per heavy atom. The number of methoxy groups -OCH3 is 2. The minimum Gasteiger partial charge on any atom is -0.496 e. The van der Waals surface area contributed by atoms with Crippen molar-refractivity contribution in [2.75, 3.05) is 26.5 Å². The third kappa shape index (κ3) is 10.0. The van der Waals surface area contributed by atoms with E-state index in [1.165, 1.54) is 46.9 Å². The Morgan fingerprint density at radius 3 is 1.12 bits per heavy atom. The third-order valence-corrected chi connectivity index (χ3v) is 12.2. The van der Waals surface area contributed by atoms with Gasteiger partial charge in [0.2, 0.25) is 0 Å². The van der Waals surface area contributed by atoms with Gasteiger partial charge in [0, 0.05) is 30.1 Å². The fraction of sp³-hybridized carbons (Fsp3) is 0.222. The van der Waals surface area contributed by atoms with E-state index in [1.54, 1.807) is 14.2 Å². The summed E-state index contributed by atoms with van der Waals surface area (Å²) >= 11 is 0. The van der Waals surface area contributed by atoms with Gasteiger partial charge in [-0.2, -0.15) is 0 Å². The molecular weight excluding hydrogens is 629 g/mol. The minimum absolute atomic E-state index is 0. The van der Waals surface area contributed by atoms with Crippen LogP contribution in [0.1, 0.15) is 25.7 Å². The molecule has 2 atom stereocenters. The van der Waals surface area contributed by atoms with Crippen LogP contribution in [0.2, 0.25) is 0 Å². The standard InChI is InChI=1S/C28H28O2P2.C8H12.Rh/c1-29-25-17-9-11-19-27(25)31(23-13-5-3-6-14-23)21-22-32(24-15-7-4-8-16-24)28-20-12-10-18-26(28)30-2;1-2-4-6-8-7-5-3-1;/h3-20H,21-22H2,1-2H3;1-2,7-8H,3-6H2;/b;2-1-,8-7?;/t31-,32-;;/m1../s1. The van der Waals surface area contributed by atoms with E-state index in [4.69, 9.17) is 9.47 Å². The first-order chi connectivity index (χ1) is 19.8. The maximum Gasteiger partial charge on any atom is 0.126 e. The molecule has 0 spiro atoms. The number of rotatable bonds is 9. The average molecular weight is 670 g/mol. The van der Waals surface area contributed by atoms with E-state index in [1.807, 2.05) is 12.1 Å². The van der Waals surface area contributed by atoms with Crippen molar-refractivity contribution in [2.45, 2.75) is 25.7 Å². The van der Waals surface area contributed by atoms with Crippen LogP contribution in [0.15, 0.2) is 133 Å². The van der Waals surface area contributed by atoms with Crippen LogP contribution in [0.5, 0.6) is 11.5 Å². The Labute approximate surface area is 262 Å². The molecule has 0 amide bonds. The van der Waals surface area contributed by atoms with Crippen LogP contribution >= 0.6 is 15.8 Å².